The number of benzene rings is 1. The number of likely N-dealkylation sites (tertiary alicyclic amines) is 1. The van der Waals surface area contributed by atoms with Crippen molar-refractivity contribution in [3.63, 3.8) is 0 Å². The van der Waals surface area contributed by atoms with Crippen molar-refractivity contribution in [3.05, 3.63) is 41.4 Å². The van der Waals surface area contributed by atoms with Crippen LogP contribution in [-0.4, -0.2) is 28.7 Å². The summed E-state index contributed by atoms with van der Waals surface area (Å²) in [5.41, 5.74) is 0.550. The van der Waals surface area contributed by atoms with Crippen LogP contribution in [0.15, 0.2) is 36.4 Å². The van der Waals surface area contributed by atoms with Crippen molar-refractivity contribution in [2.24, 2.45) is 35.5 Å². The molecule has 5 aliphatic rings. The molecule has 0 unspecified atom stereocenters. The minimum atomic E-state index is -0.838. The molecular weight excluding hydrogens is 352 g/mol. The lowest BCUT2D eigenvalue weighted by Gasteiger charge is -2.37. The molecule has 7 atom stereocenters. The number of hydrogen-bond acceptors (Lipinski definition) is 3. The molecule has 6 heteroatoms. The molecule has 3 amide bonds. The van der Waals surface area contributed by atoms with E-state index in [1.54, 1.807) is 31.2 Å². The van der Waals surface area contributed by atoms with Crippen LogP contribution in [0.25, 0.3) is 0 Å². The van der Waals surface area contributed by atoms with E-state index in [9.17, 15) is 14.4 Å². The van der Waals surface area contributed by atoms with Crippen LogP contribution in [0.5, 0.6) is 0 Å². The average molecular weight is 371 g/mol. The Balaban J connectivity index is 1.38. The van der Waals surface area contributed by atoms with Crippen LogP contribution >= 0.6 is 11.6 Å². The van der Waals surface area contributed by atoms with E-state index in [4.69, 9.17) is 11.6 Å². The van der Waals surface area contributed by atoms with Crippen LogP contribution in [0.3, 0.4) is 0 Å². The molecule has 1 saturated heterocycles. The zero-order valence-electron chi connectivity index (χ0n) is 14.3. The lowest BCUT2D eigenvalue weighted by Crippen LogP contribution is -2.46. The van der Waals surface area contributed by atoms with Gasteiger partial charge < -0.3 is 5.32 Å². The van der Waals surface area contributed by atoms with Crippen LogP contribution in [0.1, 0.15) is 13.3 Å². The van der Waals surface area contributed by atoms with Gasteiger partial charge in [0.2, 0.25) is 17.7 Å². The summed E-state index contributed by atoms with van der Waals surface area (Å²) in [4.78, 5) is 39.9. The summed E-state index contributed by atoms with van der Waals surface area (Å²) in [6, 6.07) is 5.97. The summed E-state index contributed by atoms with van der Waals surface area (Å²) in [6.07, 6.45) is 5.39. The number of carbonyl (C=O) groups is 3. The van der Waals surface area contributed by atoms with Gasteiger partial charge in [0, 0.05) is 10.7 Å². The maximum atomic E-state index is 13.0. The summed E-state index contributed by atoms with van der Waals surface area (Å²) in [7, 11) is 0. The fourth-order valence-electron chi connectivity index (χ4n) is 5.29. The molecule has 2 saturated carbocycles. The molecule has 5 nitrogen and oxygen atoms in total. The molecule has 26 heavy (non-hydrogen) atoms. The molecule has 0 spiro atoms. The second kappa shape index (κ2) is 5.43. The van der Waals surface area contributed by atoms with Gasteiger partial charge in [-0.1, -0.05) is 29.8 Å². The van der Waals surface area contributed by atoms with Crippen LogP contribution in [0.2, 0.25) is 5.02 Å². The van der Waals surface area contributed by atoms with Crippen molar-refractivity contribution in [2.45, 2.75) is 19.4 Å². The van der Waals surface area contributed by atoms with Crippen molar-refractivity contribution < 1.29 is 14.4 Å². The molecular formula is C20H19ClN2O3. The van der Waals surface area contributed by atoms with Gasteiger partial charge in [0.05, 0.1) is 11.8 Å². The highest BCUT2D eigenvalue weighted by Gasteiger charge is 2.67. The molecule has 1 aromatic carbocycles. The van der Waals surface area contributed by atoms with E-state index in [-0.39, 0.29) is 41.4 Å². The monoisotopic (exact) mass is 370 g/mol. The largest absolute Gasteiger partial charge is 0.324 e. The minimum absolute atomic E-state index is 0.166. The molecule has 2 bridgehead atoms. The third kappa shape index (κ3) is 2.13. The predicted octanol–water partition coefficient (Wildman–Crippen LogP) is 2.72. The van der Waals surface area contributed by atoms with Crippen molar-refractivity contribution >= 4 is 35.0 Å². The van der Waals surface area contributed by atoms with Gasteiger partial charge >= 0.3 is 0 Å². The SMILES string of the molecule is C[C@H](C(=O)Nc1cccc(Cl)c1)N1C(=O)[C@@H]2[C@H]3C=C[C@@H]([C@@H]4C[C@@H]34)[C@@H]2C1=O. The summed E-state index contributed by atoms with van der Waals surface area (Å²) in [5.74, 6) is 0.150. The van der Waals surface area contributed by atoms with E-state index in [0.717, 1.165) is 6.42 Å². The Labute approximate surface area is 156 Å². The van der Waals surface area contributed by atoms with Crippen molar-refractivity contribution in [1.29, 1.82) is 0 Å². The Hall–Kier alpha value is -2.14. The second-order valence-electron chi connectivity index (χ2n) is 7.88. The lowest BCUT2D eigenvalue weighted by atomic mass is 9.63. The smallest absolute Gasteiger partial charge is 0.247 e. The van der Waals surface area contributed by atoms with E-state index in [0.29, 0.717) is 22.5 Å². The Bertz CT molecular complexity index is 830. The van der Waals surface area contributed by atoms with E-state index in [1.807, 2.05) is 0 Å². The number of nitrogens with one attached hydrogen (secondary N) is 1. The number of hydrogen-bond donors (Lipinski definition) is 1. The van der Waals surface area contributed by atoms with Crippen molar-refractivity contribution in [2.75, 3.05) is 5.32 Å². The van der Waals surface area contributed by atoms with E-state index >= 15 is 0 Å². The number of allylic oxidation sites excluding steroid dienone is 2. The minimum Gasteiger partial charge on any atom is -0.324 e. The summed E-state index contributed by atoms with van der Waals surface area (Å²) in [5, 5.41) is 3.26. The van der Waals surface area contributed by atoms with E-state index in [2.05, 4.69) is 17.5 Å². The zero-order chi connectivity index (χ0) is 18.2. The van der Waals surface area contributed by atoms with Crippen LogP contribution in [-0.2, 0) is 14.4 Å². The highest BCUT2D eigenvalue weighted by atomic mass is 35.5. The summed E-state index contributed by atoms with van der Waals surface area (Å²) < 4.78 is 0. The standard InChI is InChI=1S/C20H19ClN2O3/c1-9(18(24)22-11-4-2-3-10(21)7-11)23-19(25)16-12-5-6-13(15-8-14(12)15)17(16)20(23)26/h2-7,9,12-17H,8H2,1H3,(H,22,24)/t9-,12+,13+,14+,15+,16-,17+/m1/s1. The molecule has 1 heterocycles. The number of carbonyl (C=O) groups excluding carboxylic acids is 3. The van der Waals surface area contributed by atoms with Gasteiger partial charge in [-0.2, -0.15) is 0 Å². The third-order valence-corrected chi connectivity index (χ3v) is 6.79. The maximum absolute atomic E-state index is 13.0. The Morgan fingerprint density at radius 1 is 1.15 bits per heavy atom. The Morgan fingerprint density at radius 2 is 1.77 bits per heavy atom. The Morgan fingerprint density at radius 3 is 2.35 bits per heavy atom. The number of anilines is 1. The summed E-state index contributed by atoms with van der Waals surface area (Å²) in [6.45, 7) is 1.61. The normalized spacial score (nSPS) is 37.4. The van der Waals surface area contributed by atoms with E-state index < -0.39 is 6.04 Å². The predicted molar refractivity (Wildman–Crippen MR) is 96.1 cm³/mol. The number of rotatable bonds is 3. The first-order valence-electron chi connectivity index (χ1n) is 9.09. The average Bonchev–Trinajstić information content (AvgIpc) is 3.39. The Kier molecular flexibility index (Phi) is 3.35. The number of halogens is 1. The fraction of sp³-hybridized carbons (Fsp3) is 0.450. The number of imide groups is 1. The maximum Gasteiger partial charge on any atom is 0.247 e. The lowest BCUT2D eigenvalue weighted by molar-refractivity contribution is -0.146. The van der Waals surface area contributed by atoms with Crippen LogP contribution in [0, 0.1) is 35.5 Å². The molecule has 1 aliphatic heterocycles. The van der Waals surface area contributed by atoms with Gasteiger partial charge in [-0.05, 0) is 55.2 Å². The molecule has 0 aromatic heterocycles. The molecule has 1 aromatic rings. The first-order chi connectivity index (χ1) is 12.5. The van der Waals surface area contributed by atoms with Gasteiger partial charge in [0.1, 0.15) is 6.04 Å². The number of nitrogens with zero attached hydrogens (tertiary/aromatic N) is 1. The first-order valence-corrected chi connectivity index (χ1v) is 9.47. The first kappa shape index (κ1) is 16.1. The fourth-order valence-corrected chi connectivity index (χ4v) is 5.48. The van der Waals surface area contributed by atoms with Crippen LogP contribution in [0.4, 0.5) is 5.69 Å². The third-order valence-electron chi connectivity index (χ3n) is 6.56. The quantitative estimate of drug-likeness (QED) is 0.657. The highest BCUT2D eigenvalue weighted by molar-refractivity contribution is 6.30. The van der Waals surface area contributed by atoms with Gasteiger partial charge in [0.15, 0.2) is 0 Å². The van der Waals surface area contributed by atoms with Crippen LogP contribution < -0.4 is 5.32 Å². The molecule has 4 aliphatic carbocycles. The van der Waals surface area contributed by atoms with Gasteiger partial charge in [-0.3, -0.25) is 19.3 Å². The molecule has 0 radical (unpaired) electrons. The number of amides is 3. The van der Waals surface area contributed by atoms with Gasteiger partial charge in [-0.25, -0.2) is 0 Å². The van der Waals surface area contributed by atoms with Crippen molar-refractivity contribution in [3.8, 4) is 0 Å². The zero-order valence-corrected chi connectivity index (χ0v) is 15.0. The molecule has 134 valence electrons. The molecule has 1 N–H and O–H groups in total. The van der Waals surface area contributed by atoms with Crippen molar-refractivity contribution in [1.82, 2.24) is 4.90 Å². The van der Waals surface area contributed by atoms with E-state index in [1.165, 1.54) is 4.90 Å². The molecule has 3 fully saturated rings. The second-order valence-corrected chi connectivity index (χ2v) is 8.31. The highest BCUT2D eigenvalue weighted by Crippen LogP contribution is 2.65. The van der Waals surface area contributed by atoms with Gasteiger partial charge in [-0.15, -0.1) is 0 Å². The molecule has 6 rings (SSSR count). The summed E-state index contributed by atoms with van der Waals surface area (Å²) >= 11 is 5.94. The van der Waals surface area contributed by atoms with Gasteiger partial charge in [0.25, 0.3) is 0 Å². The topological polar surface area (TPSA) is 66.5 Å².